The van der Waals surface area contributed by atoms with Crippen molar-refractivity contribution in [2.45, 2.75) is 0 Å². The smallest absolute Gasteiger partial charge is 0.0569 e. The normalized spacial score (nSPS) is 10.9. The number of hydrogen-bond acceptors (Lipinski definition) is 4. The number of nitrogens with zero attached hydrogens (tertiary/aromatic N) is 2. The lowest BCUT2D eigenvalue weighted by Gasteiger charge is -2.32. The van der Waals surface area contributed by atoms with E-state index in [2.05, 4.69) is 179 Å². The summed E-state index contributed by atoms with van der Waals surface area (Å²) < 4.78 is 0. The Labute approximate surface area is 255 Å². The van der Waals surface area contributed by atoms with Gasteiger partial charge in [0, 0.05) is 42.9 Å². The molecular formula is C38H28N2S2. The fourth-order valence-electron chi connectivity index (χ4n) is 5.34. The molecule has 2 nitrogen and oxygen atoms in total. The minimum Gasteiger partial charge on any atom is -0.310 e. The number of benzene rings is 5. The molecule has 0 unspecified atom stereocenters. The van der Waals surface area contributed by atoms with Crippen molar-refractivity contribution >= 4 is 56.8 Å². The van der Waals surface area contributed by atoms with E-state index in [0.29, 0.717) is 0 Å². The largest absolute Gasteiger partial charge is 0.310 e. The van der Waals surface area contributed by atoms with Gasteiger partial charge in [-0.15, -0.1) is 22.7 Å². The van der Waals surface area contributed by atoms with Crippen LogP contribution in [0.2, 0.25) is 0 Å². The molecule has 0 aliphatic heterocycles. The molecule has 2 heterocycles. The fraction of sp³-hybridized carbons (Fsp3) is 0. The summed E-state index contributed by atoms with van der Waals surface area (Å²) in [5.74, 6) is 0. The summed E-state index contributed by atoms with van der Waals surface area (Å²) in [5, 5.41) is 2.15. The van der Waals surface area contributed by atoms with Crippen molar-refractivity contribution in [3.63, 3.8) is 0 Å². The SMILES string of the molecule is c1ccc(N(c2ccccc2)c2cccc(N(c3ccccc3)c3ccccc3)c2-c2ccc(-c3cccs3)s2)cc1. The number of para-hydroxylation sites is 4. The third-order valence-electron chi connectivity index (χ3n) is 7.18. The Hall–Kier alpha value is -4.90. The summed E-state index contributed by atoms with van der Waals surface area (Å²) in [6.07, 6.45) is 0. The Kier molecular flexibility index (Phi) is 7.38. The second-order valence-corrected chi connectivity index (χ2v) is 11.9. The van der Waals surface area contributed by atoms with Crippen LogP contribution in [-0.4, -0.2) is 0 Å². The van der Waals surface area contributed by atoms with E-state index < -0.39 is 0 Å². The Morgan fingerprint density at radius 3 is 1.17 bits per heavy atom. The zero-order valence-corrected chi connectivity index (χ0v) is 24.5. The molecule has 5 aromatic carbocycles. The lowest BCUT2D eigenvalue weighted by molar-refractivity contribution is 1.25. The summed E-state index contributed by atoms with van der Waals surface area (Å²) >= 11 is 3.63. The van der Waals surface area contributed by atoms with Gasteiger partial charge in [0.05, 0.1) is 11.4 Å². The van der Waals surface area contributed by atoms with Gasteiger partial charge in [-0.3, -0.25) is 0 Å². The molecule has 0 fully saturated rings. The van der Waals surface area contributed by atoms with Crippen molar-refractivity contribution in [2.75, 3.05) is 9.80 Å². The molecule has 0 amide bonds. The lowest BCUT2D eigenvalue weighted by atomic mass is 10.0. The summed E-state index contributed by atoms with van der Waals surface area (Å²) in [7, 11) is 0. The molecule has 0 saturated carbocycles. The van der Waals surface area contributed by atoms with Crippen LogP contribution in [0.5, 0.6) is 0 Å². The van der Waals surface area contributed by atoms with Gasteiger partial charge in [0.2, 0.25) is 0 Å². The maximum Gasteiger partial charge on any atom is 0.0569 e. The molecule has 42 heavy (non-hydrogen) atoms. The Bertz CT molecular complexity index is 1680. The third kappa shape index (κ3) is 5.14. The summed E-state index contributed by atoms with van der Waals surface area (Å²) in [6.45, 7) is 0. The molecule has 4 heteroatoms. The van der Waals surface area contributed by atoms with Crippen molar-refractivity contribution in [3.05, 3.63) is 169 Å². The molecular weight excluding hydrogens is 549 g/mol. The molecule has 7 aromatic rings. The van der Waals surface area contributed by atoms with E-state index >= 15 is 0 Å². The Morgan fingerprint density at radius 1 is 0.333 bits per heavy atom. The summed E-state index contributed by atoms with van der Waals surface area (Å²) in [6, 6.07) is 58.1. The van der Waals surface area contributed by atoms with Crippen LogP contribution < -0.4 is 9.80 Å². The third-order valence-corrected chi connectivity index (χ3v) is 9.34. The monoisotopic (exact) mass is 576 g/mol. The van der Waals surface area contributed by atoms with Crippen LogP contribution in [0.4, 0.5) is 34.1 Å². The van der Waals surface area contributed by atoms with E-state index in [1.807, 2.05) is 11.3 Å². The topological polar surface area (TPSA) is 6.48 Å². The van der Waals surface area contributed by atoms with Gasteiger partial charge in [0.1, 0.15) is 0 Å². The predicted molar refractivity (Wildman–Crippen MR) is 182 cm³/mol. The van der Waals surface area contributed by atoms with Crippen LogP contribution in [0, 0.1) is 0 Å². The standard InChI is InChI=1S/C38H28N2S2/c1-5-15-29(16-6-1)39(30-17-7-2-8-18-30)33-23-13-24-34(38(33)37-27-26-36(42-37)35-25-14-28-41-35)40(31-19-9-3-10-20-31)32-21-11-4-12-22-32/h1-28H. The molecule has 7 rings (SSSR count). The van der Waals surface area contributed by atoms with Crippen LogP contribution in [0.15, 0.2) is 169 Å². The molecule has 0 radical (unpaired) electrons. The molecule has 0 atom stereocenters. The van der Waals surface area contributed by atoms with E-state index in [0.717, 1.165) is 34.1 Å². The first-order valence-corrected chi connectivity index (χ1v) is 15.6. The zero-order valence-electron chi connectivity index (χ0n) is 22.9. The highest BCUT2D eigenvalue weighted by Gasteiger charge is 2.25. The number of hydrogen-bond donors (Lipinski definition) is 0. The fourth-order valence-corrected chi connectivity index (χ4v) is 7.24. The Morgan fingerprint density at radius 2 is 0.762 bits per heavy atom. The molecule has 0 spiro atoms. The lowest BCUT2D eigenvalue weighted by Crippen LogP contribution is -2.15. The molecule has 0 N–H and O–H groups in total. The quantitative estimate of drug-likeness (QED) is 0.177. The van der Waals surface area contributed by atoms with Gasteiger partial charge in [-0.1, -0.05) is 84.9 Å². The zero-order chi connectivity index (χ0) is 28.1. The maximum atomic E-state index is 2.37. The van der Waals surface area contributed by atoms with E-state index in [1.165, 1.54) is 20.2 Å². The number of anilines is 6. The minimum absolute atomic E-state index is 1.11. The van der Waals surface area contributed by atoms with Crippen LogP contribution in [-0.2, 0) is 0 Å². The molecule has 0 bridgehead atoms. The van der Waals surface area contributed by atoms with Crippen molar-refractivity contribution in [1.29, 1.82) is 0 Å². The summed E-state index contributed by atoms with van der Waals surface area (Å²) in [4.78, 5) is 8.53. The Balaban J connectivity index is 1.53. The van der Waals surface area contributed by atoms with Crippen LogP contribution in [0.25, 0.3) is 20.2 Å². The van der Waals surface area contributed by atoms with E-state index in [9.17, 15) is 0 Å². The van der Waals surface area contributed by atoms with Crippen LogP contribution in [0.3, 0.4) is 0 Å². The average Bonchev–Trinajstić information content (AvgIpc) is 3.77. The first kappa shape index (κ1) is 26.0. The van der Waals surface area contributed by atoms with Gasteiger partial charge in [0.15, 0.2) is 0 Å². The van der Waals surface area contributed by atoms with Crippen LogP contribution in [0.1, 0.15) is 0 Å². The molecule has 0 aliphatic carbocycles. The van der Waals surface area contributed by atoms with Crippen LogP contribution >= 0.6 is 22.7 Å². The number of rotatable bonds is 8. The van der Waals surface area contributed by atoms with Crippen molar-refractivity contribution in [2.24, 2.45) is 0 Å². The van der Waals surface area contributed by atoms with Crippen molar-refractivity contribution < 1.29 is 0 Å². The minimum atomic E-state index is 1.11. The summed E-state index contributed by atoms with van der Waals surface area (Å²) in [5.41, 5.74) is 7.89. The second kappa shape index (κ2) is 11.9. The van der Waals surface area contributed by atoms with Gasteiger partial charge in [-0.05, 0) is 84.2 Å². The van der Waals surface area contributed by atoms with E-state index in [-0.39, 0.29) is 0 Å². The maximum absolute atomic E-state index is 2.37. The van der Waals surface area contributed by atoms with Gasteiger partial charge in [0.25, 0.3) is 0 Å². The number of thiophene rings is 2. The first-order valence-electron chi connectivity index (χ1n) is 13.9. The predicted octanol–water partition coefficient (Wildman–Crippen LogP) is 12.1. The highest BCUT2D eigenvalue weighted by molar-refractivity contribution is 7.23. The average molecular weight is 577 g/mol. The molecule has 0 aliphatic rings. The molecule has 2 aromatic heterocycles. The highest BCUT2D eigenvalue weighted by Crippen LogP contribution is 2.51. The van der Waals surface area contributed by atoms with E-state index in [1.54, 1.807) is 11.3 Å². The van der Waals surface area contributed by atoms with E-state index in [4.69, 9.17) is 0 Å². The first-order chi connectivity index (χ1) is 20.9. The van der Waals surface area contributed by atoms with Gasteiger partial charge in [-0.25, -0.2) is 0 Å². The van der Waals surface area contributed by atoms with Gasteiger partial charge >= 0.3 is 0 Å². The molecule has 0 saturated heterocycles. The van der Waals surface area contributed by atoms with Gasteiger partial charge in [-0.2, -0.15) is 0 Å². The highest BCUT2D eigenvalue weighted by atomic mass is 32.1. The molecule has 202 valence electrons. The van der Waals surface area contributed by atoms with Crippen molar-refractivity contribution in [1.82, 2.24) is 0 Å². The van der Waals surface area contributed by atoms with Crippen molar-refractivity contribution in [3.8, 4) is 20.2 Å². The van der Waals surface area contributed by atoms with Gasteiger partial charge < -0.3 is 9.80 Å². The second-order valence-electron chi connectivity index (χ2n) is 9.83.